The fraction of sp³-hybridized carbons (Fsp3) is 0.846. The Balaban J connectivity index is 1.94. The zero-order valence-electron chi connectivity index (χ0n) is 10.9. The molecule has 2 fully saturated rings. The van der Waals surface area contributed by atoms with Crippen LogP contribution in [0.1, 0.15) is 45.4 Å². The molecule has 4 unspecified atom stereocenters. The van der Waals surface area contributed by atoms with Gasteiger partial charge < -0.3 is 16.3 Å². The highest BCUT2D eigenvalue weighted by Gasteiger charge is 2.35. The van der Waals surface area contributed by atoms with Crippen molar-refractivity contribution in [1.29, 1.82) is 0 Å². The van der Waals surface area contributed by atoms with Crippen molar-refractivity contribution in [3.8, 4) is 0 Å². The van der Waals surface area contributed by atoms with Crippen molar-refractivity contribution in [2.24, 2.45) is 28.6 Å². The first-order chi connectivity index (χ1) is 8.63. The second-order valence-corrected chi connectivity index (χ2v) is 5.69. The summed E-state index contributed by atoms with van der Waals surface area (Å²) in [4.78, 5) is 12.2. The van der Waals surface area contributed by atoms with Crippen molar-refractivity contribution < 1.29 is 10.0 Å². The molecule has 0 aromatic heterocycles. The van der Waals surface area contributed by atoms with Gasteiger partial charge in [0.25, 0.3) is 0 Å². The number of carbonyl (C=O) groups excluding carboxylic acids is 1. The van der Waals surface area contributed by atoms with Gasteiger partial charge in [0, 0.05) is 17.9 Å². The zero-order valence-corrected chi connectivity index (χ0v) is 10.9. The molecular formula is C13H23N3O2. The Bertz CT molecular complexity index is 343. The van der Waals surface area contributed by atoms with Crippen molar-refractivity contribution in [3.63, 3.8) is 0 Å². The molecule has 2 aliphatic carbocycles. The van der Waals surface area contributed by atoms with Gasteiger partial charge in [-0.2, -0.15) is 0 Å². The summed E-state index contributed by atoms with van der Waals surface area (Å²) in [5, 5.41) is 14.9. The SMILES string of the molecule is CC1CCCC1C(=O)NC1CCCC1C(N)=NO. The summed E-state index contributed by atoms with van der Waals surface area (Å²) in [7, 11) is 0. The molecule has 0 aromatic rings. The van der Waals surface area contributed by atoms with Gasteiger partial charge in [0.2, 0.25) is 5.91 Å². The van der Waals surface area contributed by atoms with Gasteiger partial charge >= 0.3 is 0 Å². The van der Waals surface area contributed by atoms with Gasteiger partial charge in [-0.15, -0.1) is 0 Å². The smallest absolute Gasteiger partial charge is 0.223 e. The van der Waals surface area contributed by atoms with Gasteiger partial charge in [-0.3, -0.25) is 4.79 Å². The summed E-state index contributed by atoms with van der Waals surface area (Å²) in [5.74, 6) is 1.03. The topological polar surface area (TPSA) is 87.7 Å². The summed E-state index contributed by atoms with van der Waals surface area (Å²) in [6.07, 6.45) is 6.12. The number of nitrogens with zero attached hydrogens (tertiary/aromatic N) is 1. The minimum Gasteiger partial charge on any atom is -0.409 e. The van der Waals surface area contributed by atoms with Crippen LogP contribution in [0.25, 0.3) is 0 Å². The Kier molecular flexibility index (Phi) is 4.09. The van der Waals surface area contributed by atoms with Gasteiger partial charge in [0.15, 0.2) is 0 Å². The summed E-state index contributed by atoms with van der Waals surface area (Å²) in [5.41, 5.74) is 5.67. The lowest BCUT2D eigenvalue weighted by atomic mass is 9.95. The quantitative estimate of drug-likeness (QED) is 0.308. The lowest BCUT2D eigenvalue weighted by Gasteiger charge is -2.23. The van der Waals surface area contributed by atoms with Crippen molar-refractivity contribution in [3.05, 3.63) is 0 Å². The standard InChI is InChI=1S/C13H23N3O2/c1-8-4-2-5-9(8)13(17)15-11-7-3-6-10(11)12(14)16-18/h8-11,18H,2-7H2,1H3,(H2,14,16)(H,15,17). The minimum absolute atomic E-state index is 0.00402. The third-order valence-corrected chi connectivity index (χ3v) is 4.54. The second-order valence-electron chi connectivity index (χ2n) is 5.69. The number of nitrogens with one attached hydrogen (secondary N) is 1. The molecule has 2 aliphatic rings. The molecule has 0 heterocycles. The minimum atomic E-state index is -0.00402. The Labute approximate surface area is 108 Å². The molecule has 5 heteroatoms. The normalized spacial score (nSPS) is 36.8. The number of oxime groups is 1. The second kappa shape index (κ2) is 5.59. The highest BCUT2D eigenvalue weighted by Crippen LogP contribution is 2.32. The number of carbonyl (C=O) groups is 1. The van der Waals surface area contributed by atoms with Crippen LogP contribution in [-0.4, -0.2) is 23.0 Å². The van der Waals surface area contributed by atoms with E-state index in [1.165, 1.54) is 0 Å². The Morgan fingerprint density at radius 2 is 1.89 bits per heavy atom. The molecule has 4 N–H and O–H groups in total. The fourth-order valence-electron chi connectivity index (χ4n) is 3.39. The number of nitrogens with two attached hydrogens (primary N) is 1. The van der Waals surface area contributed by atoms with Crippen LogP contribution in [0.2, 0.25) is 0 Å². The maximum absolute atomic E-state index is 12.2. The molecule has 0 radical (unpaired) electrons. The van der Waals surface area contributed by atoms with Crippen LogP contribution < -0.4 is 11.1 Å². The van der Waals surface area contributed by atoms with Gasteiger partial charge in [-0.05, 0) is 31.6 Å². The highest BCUT2D eigenvalue weighted by molar-refractivity contribution is 5.85. The van der Waals surface area contributed by atoms with Crippen molar-refractivity contribution in [2.45, 2.75) is 51.5 Å². The summed E-state index contributed by atoms with van der Waals surface area (Å²) in [6.45, 7) is 2.15. The van der Waals surface area contributed by atoms with Crippen LogP contribution in [0, 0.1) is 17.8 Å². The van der Waals surface area contributed by atoms with Crippen LogP contribution in [-0.2, 0) is 4.79 Å². The van der Waals surface area contributed by atoms with E-state index in [9.17, 15) is 4.79 Å². The van der Waals surface area contributed by atoms with E-state index < -0.39 is 0 Å². The maximum Gasteiger partial charge on any atom is 0.223 e. The molecule has 1 amide bonds. The molecule has 0 bridgehead atoms. The van der Waals surface area contributed by atoms with E-state index in [1.807, 2.05) is 0 Å². The lowest BCUT2D eigenvalue weighted by molar-refractivity contribution is -0.126. The lowest BCUT2D eigenvalue weighted by Crippen LogP contribution is -2.45. The molecule has 0 aromatic carbocycles. The van der Waals surface area contributed by atoms with E-state index in [4.69, 9.17) is 10.9 Å². The predicted molar refractivity (Wildman–Crippen MR) is 69.2 cm³/mol. The van der Waals surface area contributed by atoms with E-state index in [2.05, 4.69) is 17.4 Å². The predicted octanol–water partition coefficient (Wildman–Crippen LogP) is 1.45. The average Bonchev–Trinajstić information content (AvgIpc) is 2.97. The Hall–Kier alpha value is -1.26. The van der Waals surface area contributed by atoms with Crippen LogP contribution >= 0.6 is 0 Å². The van der Waals surface area contributed by atoms with Crippen LogP contribution in [0.5, 0.6) is 0 Å². The van der Waals surface area contributed by atoms with Crippen molar-refractivity contribution in [1.82, 2.24) is 5.32 Å². The van der Waals surface area contributed by atoms with Crippen LogP contribution in [0.3, 0.4) is 0 Å². The van der Waals surface area contributed by atoms with Crippen molar-refractivity contribution >= 4 is 11.7 Å². The van der Waals surface area contributed by atoms with Crippen LogP contribution in [0.4, 0.5) is 0 Å². The van der Waals surface area contributed by atoms with Gasteiger partial charge in [0.1, 0.15) is 5.84 Å². The molecule has 102 valence electrons. The third kappa shape index (κ3) is 2.60. The number of hydrogen-bond donors (Lipinski definition) is 3. The summed E-state index contributed by atoms with van der Waals surface area (Å²) >= 11 is 0. The monoisotopic (exact) mass is 253 g/mol. The maximum atomic E-state index is 12.2. The van der Waals surface area contributed by atoms with Gasteiger partial charge in [-0.25, -0.2) is 0 Å². The number of rotatable bonds is 3. The third-order valence-electron chi connectivity index (χ3n) is 4.54. The van der Waals surface area contributed by atoms with Crippen LogP contribution in [0.15, 0.2) is 5.16 Å². The molecular weight excluding hydrogens is 230 g/mol. The van der Waals surface area contributed by atoms with E-state index in [-0.39, 0.29) is 29.6 Å². The van der Waals surface area contributed by atoms with Gasteiger partial charge in [-0.1, -0.05) is 24.9 Å². The molecule has 2 saturated carbocycles. The Morgan fingerprint density at radius 1 is 1.22 bits per heavy atom. The number of amidine groups is 1. The average molecular weight is 253 g/mol. The molecule has 5 nitrogen and oxygen atoms in total. The summed E-state index contributed by atoms with van der Waals surface area (Å²) in [6, 6.07) is 0.0428. The molecule has 2 rings (SSSR count). The van der Waals surface area contributed by atoms with Gasteiger partial charge in [0.05, 0.1) is 0 Å². The fourth-order valence-corrected chi connectivity index (χ4v) is 3.39. The highest BCUT2D eigenvalue weighted by atomic mass is 16.4. The van der Waals surface area contributed by atoms with E-state index in [0.29, 0.717) is 5.92 Å². The van der Waals surface area contributed by atoms with E-state index in [1.54, 1.807) is 0 Å². The summed E-state index contributed by atoms with van der Waals surface area (Å²) < 4.78 is 0. The first-order valence-corrected chi connectivity index (χ1v) is 6.91. The molecule has 0 spiro atoms. The molecule has 4 atom stereocenters. The molecule has 0 aliphatic heterocycles. The first-order valence-electron chi connectivity index (χ1n) is 6.91. The number of amides is 1. The van der Waals surface area contributed by atoms with E-state index >= 15 is 0 Å². The largest absolute Gasteiger partial charge is 0.409 e. The zero-order chi connectivity index (χ0) is 13.1. The number of hydrogen-bond acceptors (Lipinski definition) is 3. The van der Waals surface area contributed by atoms with Crippen molar-refractivity contribution in [2.75, 3.05) is 0 Å². The van der Waals surface area contributed by atoms with E-state index in [0.717, 1.165) is 38.5 Å². The molecule has 18 heavy (non-hydrogen) atoms. The molecule has 0 saturated heterocycles. The first kappa shape index (κ1) is 13.2. The Morgan fingerprint density at radius 3 is 2.50 bits per heavy atom.